The summed E-state index contributed by atoms with van der Waals surface area (Å²) in [4.78, 5) is 14.2. The lowest BCUT2D eigenvalue weighted by Gasteiger charge is -2.31. The number of hydrogen-bond acceptors (Lipinski definition) is 3. The molecule has 1 amide bonds. The maximum absolute atomic E-state index is 12.2. The molecule has 2 fully saturated rings. The average molecular weight is 263 g/mol. The van der Waals surface area contributed by atoms with E-state index >= 15 is 0 Å². The number of carbonyl (C=O) groups excluding carboxylic acids is 1. The third-order valence-corrected chi connectivity index (χ3v) is 3.39. The lowest BCUT2D eigenvalue weighted by molar-refractivity contribution is -0.136. The average Bonchev–Trinajstić information content (AvgIpc) is 2.29. The number of carbonyl (C=O) groups is 1. The standard InChI is InChI=1S/C12H22N2O2.ClH/c15-12(11-10-16-9-6-13-11)14-7-4-2-1-3-5-8-14;/h11,13H,1-10H2;1H. The van der Waals surface area contributed by atoms with Crippen molar-refractivity contribution < 1.29 is 9.53 Å². The van der Waals surface area contributed by atoms with Crippen LogP contribution in [0.5, 0.6) is 0 Å². The van der Waals surface area contributed by atoms with Crippen molar-refractivity contribution in [1.29, 1.82) is 0 Å². The summed E-state index contributed by atoms with van der Waals surface area (Å²) in [6.45, 7) is 3.91. The van der Waals surface area contributed by atoms with Crippen LogP contribution in [0, 0.1) is 0 Å². The predicted octanol–water partition coefficient (Wildman–Crippen LogP) is 1.19. The maximum Gasteiger partial charge on any atom is 0.242 e. The Morgan fingerprint density at radius 1 is 1.12 bits per heavy atom. The van der Waals surface area contributed by atoms with Gasteiger partial charge in [0.05, 0.1) is 13.2 Å². The van der Waals surface area contributed by atoms with E-state index in [0.29, 0.717) is 6.61 Å². The second-order valence-electron chi connectivity index (χ2n) is 4.67. The molecule has 0 saturated carbocycles. The largest absolute Gasteiger partial charge is 0.378 e. The normalized spacial score (nSPS) is 26.6. The molecular weight excluding hydrogens is 240 g/mol. The van der Waals surface area contributed by atoms with E-state index in [1.165, 1.54) is 19.3 Å². The molecular formula is C12H23ClN2O2. The van der Waals surface area contributed by atoms with E-state index < -0.39 is 0 Å². The minimum absolute atomic E-state index is 0. The third kappa shape index (κ3) is 4.45. The fourth-order valence-electron chi connectivity index (χ4n) is 2.41. The first-order chi connectivity index (χ1) is 7.88. The molecule has 4 nitrogen and oxygen atoms in total. The van der Waals surface area contributed by atoms with Gasteiger partial charge >= 0.3 is 0 Å². The zero-order valence-corrected chi connectivity index (χ0v) is 11.1. The summed E-state index contributed by atoms with van der Waals surface area (Å²) in [5.41, 5.74) is 0. The van der Waals surface area contributed by atoms with Crippen LogP contribution in [-0.2, 0) is 9.53 Å². The predicted molar refractivity (Wildman–Crippen MR) is 69.5 cm³/mol. The first-order valence-corrected chi connectivity index (χ1v) is 6.48. The lowest BCUT2D eigenvalue weighted by atomic mass is 10.1. The van der Waals surface area contributed by atoms with Crippen molar-refractivity contribution in [2.24, 2.45) is 0 Å². The fraction of sp³-hybridized carbons (Fsp3) is 0.917. The van der Waals surface area contributed by atoms with Gasteiger partial charge in [0, 0.05) is 19.6 Å². The Morgan fingerprint density at radius 3 is 2.35 bits per heavy atom. The lowest BCUT2D eigenvalue weighted by Crippen LogP contribution is -2.53. The highest BCUT2D eigenvalue weighted by Crippen LogP contribution is 2.12. The van der Waals surface area contributed by atoms with E-state index in [2.05, 4.69) is 5.32 Å². The highest BCUT2D eigenvalue weighted by atomic mass is 35.5. The second-order valence-corrected chi connectivity index (χ2v) is 4.67. The molecule has 0 spiro atoms. The quantitative estimate of drug-likeness (QED) is 0.772. The smallest absolute Gasteiger partial charge is 0.242 e. The number of nitrogens with zero attached hydrogens (tertiary/aromatic N) is 1. The summed E-state index contributed by atoms with van der Waals surface area (Å²) >= 11 is 0. The summed E-state index contributed by atoms with van der Waals surface area (Å²) in [6, 6.07) is -0.104. The second kappa shape index (κ2) is 7.90. The number of halogens is 1. The van der Waals surface area contributed by atoms with Gasteiger partial charge in [-0.2, -0.15) is 0 Å². The van der Waals surface area contributed by atoms with Crippen molar-refractivity contribution in [2.75, 3.05) is 32.8 Å². The van der Waals surface area contributed by atoms with E-state index in [-0.39, 0.29) is 24.4 Å². The Morgan fingerprint density at radius 2 is 1.76 bits per heavy atom. The van der Waals surface area contributed by atoms with Gasteiger partial charge in [0.15, 0.2) is 0 Å². The summed E-state index contributed by atoms with van der Waals surface area (Å²) in [6.07, 6.45) is 6.15. The van der Waals surface area contributed by atoms with Gasteiger partial charge in [-0.05, 0) is 12.8 Å². The van der Waals surface area contributed by atoms with Crippen LogP contribution in [0.25, 0.3) is 0 Å². The molecule has 2 aliphatic rings. The monoisotopic (exact) mass is 262 g/mol. The number of nitrogens with one attached hydrogen (secondary N) is 1. The topological polar surface area (TPSA) is 41.6 Å². The molecule has 17 heavy (non-hydrogen) atoms. The van der Waals surface area contributed by atoms with Gasteiger partial charge in [-0.1, -0.05) is 19.3 Å². The van der Waals surface area contributed by atoms with Crippen LogP contribution in [0.2, 0.25) is 0 Å². The molecule has 1 unspecified atom stereocenters. The number of likely N-dealkylation sites (tertiary alicyclic amines) is 1. The molecule has 0 aromatic heterocycles. The van der Waals surface area contributed by atoms with E-state index in [0.717, 1.165) is 39.1 Å². The molecule has 0 aromatic rings. The minimum atomic E-state index is -0.104. The zero-order chi connectivity index (χ0) is 11.2. The molecule has 0 aliphatic carbocycles. The minimum Gasteiger partial charge on any atom is -0.378 e. The summed E-state index contributed by atoms with van der Waals surface area (Å²) in [5.74, 6) is 0.238. The SMILES string of the molecule is Cl.O=C(C1COCCN1)N1CCCCCCC1. The molecule has 0 aromatic carbocycles. The first kappa shape index (κ1) is 14.7. The maximum atomic E-state index is 12.2. The molecule has 1 N–H and O–H groups in total. The molecule has 2 saturated heterocycles. The molecule has 100 valence electrons. The van der Waals surface area contributed by atoms with Gasteiger partial charge in [0.1, 0.15) is 6.04 Å². The van der Waals surface area contributed by atoms with Crippen LogP contribution in [-0.4, -0.2) is 49.7 Å². The third-order valence-electron chi connectivity index (χ3n) is 3.39. The summed E-state index contributed by atoms with van der Waals surface area (Å²) in [5, 5.41) is 3.24. The molecule has 2 aliphatic heterocycles. The van der Waals surface area contributed by atoms with Crippen molar-refractivity contribution in [1.82, 2.24) is 10.2 Å². The van der Waals surface area contributed by atoms with Crippen molar-refractivity contribution in [3.8, 4) is 0 Å². The molecule has 5 heteroatoms. The van der Waals surface area contributed by atoms with Gasteiger partial charge < -0.3 is 15.0 Å². The van der Waals surface area contributed by atoms with Crippen LogP contribution in [0.3, 0.4) is 0 Å². The summed E-state index contributed by atoms with van der Waals surface area (Å²) in [7, 11) is 0. The Kier molecular flexibility index (Phi) is 6.85. The fourth-order valence-corrected chi connectivity index (χ4v) is 2.41. The van der Waals surface area contributed by atoms with Crippen LogP contribution in [0.15, 0.2) is 0 Å². The van der Waals surface area contributed by atoms with E-state index in [1.54, 1.807) is 0 Å². The van der Waals surface area contributed by atoms with E-state index in [4.69, 9.17) is 4.74 Å². The Labute approximate surface area is 109 Å². The van der Waals surface area contributed by atoms with E-state index in [1.807, 2.05) is 4.90 Å². The van der Waals surface area contributed by atoms with Gasteiger partial charge in [0.25, 0.3) is 0 Å². The van der Waals surface area contributed by atoms with Crippen LogP contribution < -0.4 is 5.32 Å². The molecule has 0 bridgehead atoms. The van der Waals surface area contributed by atoms with Gasteiger partial charge in [-0.3, -0.25) is 4.79 Å². The van der Waals surface area contributed by atoms with Crippen LogP contribution >= 0.6 is 12.4 Å². The number of hydrogen-bond donors (Lipinski definition) is 1. The van der Waals surface area contributed by atoms with Crippen LogP contribution in [0.1, 0.15) is 32.1 Å². The molecule has 0 radical (unpaired) electrons. The van der Waals surface area contributed by atoms with Gasteiger partial charge in [-0.25, -0.2) is 0 Å². The van der Waals surface area contributed by atoms with Crippen molar-refractivity contribution in [3.05, 3.63) is 0 Å². The Balaban J connectivity index is 0.00000144. The summed E-state index contributed by atoms with van der Waals surface area (Å²) < 4.78 is 5.34. The number of rotatable bonds is 1. The highest BCUT2D eigenvalue weighted by Gasteiger charge is 2.26. The first-order valence-electron chi connectivity index (χ1n) is 6.48. The number of ether oxygens (including phenoxy) is 1. The van der Waals surface area contributed by atoms with Crippen molar-refractivity contribution in [2.45, 2.75) is 38.1 Å². The van der Waals surface area contributed by atoms with Crippen LogP contribution in [0.4, 0.5) is 0 Å². The molecule has 2 heterocycles. The Hall–Kier alpha value is -0.320. The molecule has 2 rings (SSSR count). The van der Waals surface area contributed by atoms with Crippen molar-refractivity contribution in [3.63, 3.8) is 0 Å². The number of amides is 1. The highest BCUT2D eigenvalue weighted by molar-refractivity contribution is 5.85. The van der Waals surface area contributed by atoms with Crippen molar-refractivity contribution >= 4 is 18.3 Å². The van der Waals surface area contributed by atoms with Gasteiger partial charge in [-0.15, -0.1) is 12.4 Å². The van der Waals surface area contributed by atoms with E-state index in [9.17, 15) is 4.79 Å². The Bertz CT molecular complexity index is 225. The zero-order valence-electron chi connectivity index (χ0n) is 10.3. The number of morpholine rings is 1. The molecule has 1 atom stereocenters. The van der Waals surface area contributed by atoms with Gasteiger partial charge in [0.2, 0.25) is 5.91 Å².